The Balaban J connectivity index is 2.58. The van der Waals surface area contributed by atoms with Gasteiger partial charge in [-0.05, 0) is 35.0 Å². The van der Waals surface area contributed by atoms with Crippen LogP contribution in [0.3, 0.4) is 0 Å². The van der Waals surface area contributed by atoms with Gasteiger partial charge < -0.3 is 0 Å². The van der Waals surface area contributed by atoms with Crippen LogP contribution in [0.2, 0.25) is 0 Å². The van der Waals surface area contributed by atoms with Gasteiger partial charge in [0.25, 0.3) is 0 Å². The van der Waals surface area contributed by atoms with Gasteiger partial charge in [0.2, 0.25) is 0 Å². The molecule has 0 nitrogen and oxygen atoms in total. The van der Waals surface area contributed by atoms with E-state index in [0.717, 1.165) is 17.8 Å². The van der Waals surface area contributed by atoms with Gasteiger partial charge in [-0.15, -0.1) is 0 Å². The molecule has 1 aliphatic rings. The van der Waals surface area contributed by atoms with Gasteiger partial charge in [-0.1, -0.05) is 61.3 Å². The fourth-order valence-electron chi connectivity index (χ4n) is 2.83. The summed E-state index contributed by atoms with van der Waals surface area (Å²) in [6, 6.07) is 0. The number of hydrogen-bond donors (Lipinski definition) is 0. The standard InChI is InChI=1S/C15H30/c1-8-14(4,5)11(3)12-10-13(12)15(6,7)9-2/h11-13H,8-10H2,1-7H3. The van der Waals surface area contributed by atoms with Gasteiger partial charge >= 0.3 is 0 Å². The third-order valence-corrected chi connectivity index (χ3v) is 5.54. The molecule has 1 rings (SSSR count). The van der Waals surface area contributed by atoms with Crippen molar-refractivity contribution in [2.75, 3.05) is 0 Å². The Morgan fingerprint density at radius 1 is 1.07 bits per heavy atom. The molecule has 0 aromatic rings. The van der Waals surface area contributed by atoms with Crippen LogP contribution in [-0.4, -0.2) is 0 Å². The highest BCUT2D eigenvalue weighted by Crippen LogP contribution is 2.59. The summed E-state index contributed by atoms with van der Waals surface area (Å²) < 4.78 is 0. The molecule has 3 atom stereocenters. The van der Waals surface area contributed by atoms with Crippen molar-refractivity contribution in [3.05, 3.63) is 0 Å². The molecule has 3 unspecified atom stereocenters. The fourth-order valence-corrected chi connectivity index (χ4v) is 2.83. The van der Waals surface area contributed by atoms with Crippen LogP contribution in [0.4, 0.5) is 0 Å². The monoisotopic (exact) mass is 210 g/mol. The minimum Gasteiger partial charge on any atom is -0.0649 e. The fraction of sp³-hybridized carbons (Fsp3) is 1.00. The second-order valence-corrected chi connectivity index (χ2v) is 6.98. The lowest BCUT2D eigenvalue weighted by molar-refractivity contribution is 0.165. The zero-order valence-electron chi connectivity index (χ0n) is 11.9. The molecular formula is C15H30. The quantitative estimate of drug-likeness (QED) is 0.590. The van der Waals surface area contributed by atoms with E-state index in [1.165, 1.54) is 19.3 Å². The Kier molecular flexibility index (Phi) is 3.58. The highest BCUT2D eigenvalue weighted by Gasteiger charge is 2.51. The molecule has 0 heterocycles. The highest BCUT2D eigenvalue weighted by atomic mass is 14.6. The summed E-state index contributed by atoms with van der Waals surface area (Å²) >= 11 is 0. The molecule has 15 heavy (non-hydrogen) atoms. The minimum atomic E-state index is 0.531. The van der Waals surface area contributed by atoms with Crippen LogP contribution in [0.15, 0.2) is 0 Å². The normalized spacial score (nSPS) is 29.0. The molecule has 0 bridgehead atoms. The van der Waals surface area contributed by atoms with E-state index in [1.54, 1.807) is 0 Å². The zero-order valence-corrected chi connectivity index (χ0v) is 11.9. The second-order valence-electron chi connectivity index (χ2n) is 6.98. The number of rotatable bonds is 5. The van der Waals surface area contributed by atoms with Crippen molar-refractivity contribution in [1.29, 1.82) is 0 Å². The van der Waals surface area contributed by atoms with Crippen LogP contribution in [0.25, 0.3) is 0 Å². The average Bonchev–Trinajstić information content (AvgIpc) is 2.96. The van der Waals surface area contributed by atoms with Gasteiger partial charge in [0.1, 0.15) is 0 Å². The van der Waals surface area contributed by atoms with Gasteiger partial charge in [-0.3, -0.25) is 0 Å². The maximum atomic E-state index is 2.47. The Morgan fingerprint density at radius 3 is 2.00 bits per heavy atom. The van der Waals surface area contributed by atoms with Crippen LogP contribution < -0.4 is 0 Å². The molecule has 90 valence electrons. The molecule has 0 aliphatic heterocycles. The first-order valence-electron chi connectivity index (χ1n) is 6.76. The van der Waals surface area contributed by atoms with Crippen LogP contribution in [-0.2, 0) is 0 Å². The molecule has 1 saturated carbocycles. The van der Waals surface area contributed by atoms with E-state index in [0.29, 0.717) is 10.8 Å². The molecule has 0 aromatic carbocycles. The zero-order chi connectivity index (χ0) is 11.9. The SMILES string of the molecule is CCC(C)(C)C(C)C1CC1C(C)(C)CC. The molecule has 0 aromatic heterocycles. The molecule has 0 radical (unpaired) electrons. The van der Waals surface area contributed by atoms with E-state index in [2.05, 4.69) is 48.5 Å². The Hall–Kier alpha value is 0. The number of hydrogen-bond acceptors (Lipinski definition) is 0. The van der Waals surface area contributed by atoms with Crippen molar-refractivity contribution in [2.24, 2.45) is 28.6 Å². The van der Waals surface area contributed by atoms with Crippen molar-refractivity contribution in [3.8, 4) is 0 Å². The van der Waals surface area contributed by atoms with Crippen molar-refractivity contribution in [3.63, 3.8) is 0 Å². The first kappa shape index (κ1) is 13.1. The largest absolute Gasteiger partial charge is 0.0649 e. The third kappa shape index (κ3) is 2.57. The average molecular weight is 210 g/mol. The van der Waals surface area contributed by atoms with Gasteiger partial charge in [-0.2, -0.15) is 0 Å². The first-order chi connectivity index (χ1) is 6.76. The summed E-state index contributed by atoms with van der Waals surface area (Å²) in [7, 11) is 0. The molecule has 0 N–H and O–H groups in total. The smallest absolute Gasteiger partial charge is 0.0326 e. The van der Waals surface area contributed by atoms with Gasteiger partial charge in [0, 0.05) is 0 Å². The highest BCUT2D eigenvalue weighted by molar-refractivity contribution is 5.00. The van der Waals surface area contributed by atoms with E-state index < -0.39 is 0 Å². The summed E-state index contributed by atoms with van der Waals surface area (Å²) in [5.74, 6) is 2.87. The predicted octanol–water partition coefficient (Wildman–Crippen LogP) is 5.13. The van der Waals surface area contributed by atoms with Crippen molar-refractivity contribution in [1.82, 2.24) is 0 Å². The molecule has 0 spiro atoms. The van der Waals surface area contributed by atoms with Crippen LogP contribution in [0.5, 0.6) is 0 Å². The maximum absolute atomic E-state index is 2.47. The van der Waals surface area contributed by atoms with Gasteiger partial charge in [0.05, 0.1) is 0 Å². The molecule has 0 saturated heterocycles. The lowest BCUT2D eigenvalue weighted by atomic mass is 9.72. The third-order valence-electron chi connectivity index (χ3n) is 5.54. The second kappa shape index (κ2) is 4.11. The maximum Gasteiger partial charge on any atom is -0.0326 e. The van der Waals surface area contributed by atoms with E-state index >= 15 is 0 Å². The van der Waals surface area contributed by atoms with Gasteiger partial charge in [-0.25, -0.2) is 0 Å². The van der Waals surface area contributed by atoms with Crippen LogP contribution in [0, 0.1) is 28.6 Å². The Labute approximate surface area is 96.8 Å². The van der Waals surface area contributed by atoms with E-state index in [-0.39, 0.29) is 0 Å². The molecule has 1 fully saturated rings. The summed E-state index contributed by atoms with van der Waals surface area (Å²) in [6.07, 6.45) is 4.11. The van der Waals surface area contributed by atoms with E-state index in [4.69, 9.17) is 0 Å². The van der Waals surface area contributed by atoms with Crippen molar-refractivity contribution < 1.29 is 0 Å². The Morgan fingerprint density at radius 2 is 1.60 bits per heavy atom. The minimum absolute atomic E-state index is 0.531. The van der Waals surface area contributed by atoms with Crippen molar-refractivity contribution >= 4 is 0 Å². The summed E-state index contributed by atoms with van der Waals surface area (Å²) in [5.41, 5.74) is 1.10. The lowest BCUT2D eigenvalue weighted by Gasteiger charge is -2.33. The van der Waals surface area contributed by atoms with E-state index in [1.807, 2.05) is 0 Å². The predicted molar refractivity (Wildman–Crippen MR) is 68.9 cm³/mol. The topological polar surface area (TPSA) is 0 Å². The van der Waals surface area contributed by atoms with E-state index in [9.17, 15) is 0 Å². The van der Waals surface area contributed by atoms with Gasteiger partial charge in [0.15, 0.2) is 0 Å². The van der Waals surface area contributed by atoms with Crippen LogP contribution in [0.1, 0.15) is 67.7 Å². The molecule has 0 amide bonds. The summed E-state index contributed by atoms with van der Waals surface area (Å²) in [5, 5.41) is 0. The lowest BCUT2D eigenvalue weighted by Crippen LogP contribution is -2.25. The molecule has 1 aliphatic carbocycles. The molecule has 0 heteroatoms. The molecular weight excluding hydrogens is 180 g/mol. The first-order valence-corrected chi connectivity index (χ1v) is 6.76. The Bertz CT molecular complexity index is 212. The van der Waals surface area contributed by atoms with Crippen LogP contribution >= 0.6 is 0 Å². The summed E-state index contributed by atoms with van der Waals surface area (Å²) in [4.78, 5) is 0. The van der Waals surface area contributed by atoms with Crippen molar-refractivity contribution in [2.45, 2.75) is 67.7 Å². The summed E-state index contributed by atoms with van der Waals surface area (Å²) in [6.45, 7) is 16.9.